The zero-order valence-corrected chi connectivity index (χ0v) is 11.1. The molecule has 2 heteroatoms. The van der Waals surface area contributed by atoms with Gasteiger partial charge in [-0.2, -0.15) is 0 Å². The van der Waals surface area contributed by atoms with Gasteiger partial charge in [0.05, 0.1) is 0 Å². The van der Waals surface area contributed by atoms with Crippen molar-refractivity contribution in [2.75, 3.05) is 20.6 Å². The monoisotopic (exact) mass is 220 g/mol. The molecule has 2 N–H and O–H groups in total. The first-order valence-corrected chi connectivity index (χ1v) is 5.91. The van der Waals surface area contributed by atoms with E-state index in [2.05, 4.69) is 58.0 Å². The molecule has 0 bridgehead atoms. The van der Waals surface area contributed by atoms with E-state index in [0.717, 1.165) is 0 Å². The molecule has 0 aromatic heterocycles. The molecule has 0 aliphatic rings. The van der Waals surface area contributed by atoms with Gasteiger partial charge in [-0.1, -0.05) is 25.1 Å². The van der Waals surface area contributed by atoms with Crippen LogP contribution < -0.4 is 5.73 Å². The summed E-state index contributed by atoms with van der Waals surface area (Å²) in [5.41, 5.74) is 9.93. The summed E-state index contributed by atoms with van der Waals surface area (Å²) in [6, 6.07) is 7.11. The Kier molecular flexibility index (Phi) is 4.51. The summed E-state index contributed by atoms with van der Waals surface area (Å²) in [6.07, 6.45) is 0. The topological polar surface area (TPSA) is 29.3 Å². The molecule has 2 unspecified atom stereocenters. The fraction of sp³-hybridized carbons (Fsp3) is 0.571. The van der Waals surface area contributed by atoms with Crippen molar-refractivity contribution in [3.8, 4) is 0 Å². The summed E-state index contributed by atoms with van der Waals surface area (Å²) in [5.74, 6) is 0.472. The van der Waals surface area contributed by atoms with Crippen LogP contribution in [0.25, 0.3) is 0 Å². The van der Waals surface area contributed by atoms with Crippen LogP contribution in [0.15, 0.2) is 18.2 Å². The molecule has 1 aromatic rings. The highest BCUT2D eigenvalue weighted by molar-refractivity contribution is 5.32. The minimum Gasteiger partial charge on any atom is -0.329 e. The van der Waals surface area contributed by atoms with Gasteiger partial charge < -0.3 is 10.6 Å². The van der Waals surface area contributed by atoms with Gasteiger partial charge in [-0.15, -0.1) is 0 Å². The molecular weight excluding hydrogens is 196 g/mol. The zero-order valence-electron chi connectivity index (χ0n) is 11.1. The third kappa shape index (κ3) is 2.83. The van der Waals surface area contributed by atoms with Crippen LogP contribution in [0.4, 0.5) is 0 Å². The van der Waals surface area contributed by atoms with Crippen LogP contribution in [0.3, 0.4) is 0 Å². The van der Waals surface area contributed by atoms with E-state index < -0.39 is 0 Å². The van der Waals surface area contributed by atoms with E-state index in [0.29, 0.717) is 18.5 Å². The summed E-state index contributed by atoms with van der Waals surface area (Å²) in [6.45, 7) is 7.26. The van der Waals surface area contributed by atoms with Crippen molar-refractivity contribution in [3.05, 3.63) is 34.9 Å². The Hall–Kier alpha value is -0.860. The van der Waals surface area contributed by atoms with Crippen molar-refractivity contribution in [3.63, 3.8) is 0 Å². The molecule has 0 aliphatic heterocycles. The molecule has 0 heterocycles. The molecule has 16 heavy (non-hydrogen) atoms. The van der Waals surface area contributed by atoms with Crippen molar-refractivity contribution in [1.82, 2.24) is 4.90 Å². The lowest BCUT2D eigenvalue weighted by molar-refractivity contribution is 0.267. The Morgan fingerprint density at radius 2 is 1.81 bits per heavy atom. The van der Waals surface area contributed by atoms with Crippen molar-refractivity contribution in [2.45, 2.75) is 32.7 Å². The van der Waals surface area contributed by atoms with Gasteiger partial charge in [-0.05, 0) is 50.6 Å². The lowest BCUT2D eigenvalue weighted by atomic mass is 9.90. The van der Waals surface area contributed by atoms with E-state index >= 15 is 0 Å². The predicted molar refractivity (Wildman–Crippen MR) is 70.9 cm³/mol. The lowest BCUT2D eigenvalue weighted by Gasteiger charge is -2.29. The van der Waals surface area contributed by atoms with E-state index in [1.165, 1.54) is 16.7 Å². The first kappa shape index (κ1) is 13.2. The van der Waals surface area contributed by atoms with Crippen molar-refractivity contribution in [1.29, 1.82) is 0 Å². The molecule has 0 amide bonds. The van der Waals surface area contributed by atoms with Crippen LogP contribution in [-0.4, -0.2) is 31.6 Å². The molecule has 0 fully saturated rings. The zero-order chi connectivity index (χ0) is 12.3. The summed E-state index contributed by atoms with van der Waals surface area (Å²) < 4.78 is 0. The van der Waals surface area contributed by atoms with Crippen molar-refractivity contribution >= 4 is 0 Å². The van der Waals surface area contributed by atoms with Crippen LogP contribution in [0.2, 0.25) is 0 Å². The van der Waals surface area contributed by atoms with Crippen molar-refractivity contribution < 1.29 is 0 Å². The maximum absolute atomic E-state index is 5.84. The smallest absolute Gasteiger partial charge is 0.0278 e. The molecule has 1 rings (SSSR count). The average Bonchev–Trinajstić information content (AvgIpc) is 2.22. The second kappa shape index (κ2) is 5.46. The molecule has 90 valence electrons. The van der Waals surface area contributed by atoms with E-state index in [9.17, 15) is 0 Å². The van der Waals surface area contributed by atoms with Crippen molar-refractivity contribution in [2.24, 2.45) is 5.73 Å². The van der Waals surface area contributed by atoms with E-state index in [-0.39, 0.29) is 0 Å². The van der Waals surface area contributed by atoms with Crippen LogP contribution in [0.5, 0.6) is 0 Å². The van der Waals surface area contributed by atoms with Crippen LogP contribution >= 0.6 is 0 Å². The van der Waals surface area contributed by atoms with Gasteiger partial charge in [0.1, 0.15) is 0 Å². The van der Waals surface area contributed by atoms with E-state index in [4.69, 9.17) is 5.73 Å². The Morgan fingerprint density at radius 1 is 1.19 bits per heavy atom. The van der Waals surface area contributed by atoms with E-state index in [1.807, 2.05) is 0 Å². The normalized spacial score (nSPS) is 15.2. The molecule has 0 radical (unpaired) electrons. The molecular formula is C14H24N2. The maximum Gasteiger partial charge on any atom is 0.0278 e. The number of rotatable bonds is 4. The molecule has 0 spiro atoms. The Balaban J connectivity index is 2.94. The number of nitrogens with two attached hydrogens (primary N) is 1. The summed E-state index contributed by atoms with van der Waals surface area (Å²) in [7, 11) is 4.18. The van der Waals surface area contributed by atoms with Gasteiger partial charge in [0.25, 0.3) is 0 Å². The molecule has 0 saturated carbocycles. The average molecular weight is 220 g/mol. The van der Waals surface area contributed by atoms with Gasteiger partial charge in [-0.3, -0.25) is 0 Å². The minimum atomic E-state index is 0.405. The first-order valence-electron chi connectivity index (χ1n) is 5.91. The number of benzene rings is 1. The predicted octanol–water partition coefficient (Wildman–Crippen LogP) is 2.30. The summed E-state index contributed by atoms with van der Waals surface area (Å²) in [4.78, 5) is 2.21. The molecule has 0 saturated heterocycles. The minimum absolute atomic E-state index is 0.405. The third-order valence-corrected chi connectivity index (χ3v) is 3.54. The summed E-state index contributed by atoms with van der Waals surface area (Å²) in [5, 5.41) is 0. The van der Waals surface area contributed by atoms with Crippen LogP contribution in [0, 0.1) is 13.8 Å². The first-order chi connectivity index (χ1) is 7.47. The number of hydrogen-bond donors (Lipinski definition) is 1. The maximum atomic E-state index is 5.84. The van der Waals surface area contributed by atoms with E-state index in [1.54, 1.807) is 0 Å². The third-order valence-electron chi connectivity index (χ3n) is 3.54. The highest BCUT2D eigenvalue weighted by Gasteiger charge is 2.19. The van der Waals surface area contributed by atoms with Gasteiger partial charge in [0.15, 0.2) is 0 Å². The number of aryl methyl sites for hydroxylation is 2. The lowest BCUT2D eigenvalue weighted by Crippen LogP contribution is -2.39. The fourth-order valence-corrected chi connectivity index (χ4v) is 2.13. The van der Waals surface area contributed by atoms with Crippen LogP contribution in [0.1, 0.15) is 29.5 Å². The second-order valence-electron chi connectivity index (χ2n) is 4.90. The number of hydrogen-bond acceptors (Lipinski definition) is 2. The Bertz CT molecular complexity index is 345. The quantitative estimate of drug-likeness (QED) is 0.843. The second-order valence-corrected chi connectivity index (χ2v) is 4.90. The summed E-state index contributed by atoms with van der Waals surface area (Å²) >= 11 is 0. The van der Waals surface area contributed by atoms with Gasteiger partial charge in [-0.25, -0.2) is 0 Å². The SMILES string of the molecule is Cc1ccc(C(C)C(CN)N(C)C)cc1C. The number of likely N-dealkylation sites (N-methyl/N-ethyl adjacent to an activating group) is 1. The highest BCUT2D eigenvalue weighted by atomic mass is 15.1. The molecule has 2 nitrogen and oxygen atoms in total. The highest BCUT2D eigenvalue weighted by Crippen LogP contribution is 2.23. The fourth-order valence-electron chi connectivity index (χ4n) is 2.13. The standard InChI is InChI=1S/C14H24N2/c1-10-6-7-13(8-11(10)2)12(3)14(9-15)16(4)5/h6-8,12,14H,9,15H2,1-5H3. The van der Waals surface area contributed by atoms with Gasteiger partial charge in [0.2, 0.25) is 0 Å². The molecule has 1 aromatic carbocycles. The Labute approximate surface area is 99.5 Å². The van der Waals surface area contributed by atoms with Crippen LogP contribution in [-0.2, 0) is 0 Å². The molecule has 2 atom stereocenters. The number of nitrogens with zero attached hydrogens (tertiary/aromatic N) is 1. The molecule has 0 aliphatic carbocycles. The largest absolute Gasteiger partial charge is 0.329 e. The van der Waals surface area contributed by atoms with Gasteiger partial charge >= 0.3 is 0 Å². The van der Waals surface area contributed by atoms with Gasteiger partial charge in [0, 0.05) is 12.6 Å². The Morgan fingerprint density at radius 3 is 2.25 bits per heavy atom.